The van der Waals surface area contributed by atoms with Crippen molar-refractivity contribution in [2.75, 3.05) is 13.2 Å². The van der Waals surface area contributed by atoms with E-state index in [1.165, 1.54) is 0 Å². The zero-order chi connectivity index (χ0) is 19.8. The number of hydrogen-bond donors (Lipinski definition) is 7. The topological polar surface area (TPSA) is 240 Å². The standard InChI is InChI=1S/C11H21N2O11P/c12-5(1-2-8(13)16)11(19)23-3-6(14)9(17)10(18)7(15)4-24-25(20,21)22/h5,7,9-10,15,17-18H,1-4,12H2,(H2,13,16)(H2,20,21,22). The van der Waals surface area contributed by atoms with Gasteiger partial charge in [0, 0.05) is 6.42 Å². The Hall–Kier alpha value is -1.44. The molecule has 25 heavy (non-hydrogen) atoms. The summed E-state index contributed by atoms with van der Waals surface area (Å²) in [5, 5.41) is 28.4. The Labute approximate surface area is 141 Å². The molecule has 0 aliphatic carbocycles. The molecule has 14 heteroatoms. The lowest BCUT2D eigenvalue weighted by Gasteiger charge is -2.22. The first-order chi connectivity index (χ1) is 11.3. The third-order valence-corrected chi connectivity index (χ3v) is 3.31. The number of esters is 1. The molecule has 0 heterocycles. The fourth-order valence-corrected chi connectivity index (χ4v) is 1.77. The van der Waals surface area contributed by atoms with Crippen LogP contribution in [0.3, 0.4) is 0 Å². The van der Waals surface area contributed by atoms with Gasteiger partial charge in [-0.25, -0.2) is 4.57 Å². The van der Waals surface area contributed by atoms with Gasteiger partial charge in [-0.05, 0) is 6.42 Å². The average molecular weight is 388 g/mol. The van der Waals surface area contributed by atoms with Gasteiger partial charge in [-0.2, -0.15) is 0 Å². The van der Waals surface area contributed by atoms with Crippen molar-refractivity contribution in [3.8, 4) is 0 Å². The van der Waals surface area contributed by atoms with Crippen LogP contribution in [0.4, 0.5) is 0 Å². The number of carbonyl (C=O) groups is 3. The van der Waals surface area contributed by atoms with E-state index in [2.05, 4.69) is 9.26 Å². The van der Waals surface area contributed by atoms with E-state index in [0.29, 0.717) is 0 Å². The minimum absolute atomic E-state index is 0.119. The van der Waals surface area contributed by atoms with Crippen LogP contribution in [0, 0.1) is 0 Å². The molecule has 0 aromatic heterocycles. The lowest BCUT2D eigenvalue weighted by molar-refractivity contribution is -0.156. The fourth-order valence-electron chi connectivity index (χ4n) is 1.42. The van der Waals surface area contributed by atoms with E-state index >= 15 is 0 Å². The Bertz CT molecular complexity index is 522. The van der Waals surface area contributed by atoms with Gasteiger partial charge in [-0.3, -0.25) is 18.9 Å². The highest BCUT2D eigenvalue weighted by Gasteiger charge is 2.32. The van der Waals surface area contributed by atoms with Gasteiger partial charge in [-0.15, -0.1) is 0 Å². The molecule has 13 nitrogen and oxygen atoms in total. The molecule has 0 spiro atoms. The molecule has 0 radical (unpaired) electrons. The number of carbonyl (C=O) groups excluding carboxylic acids is 3. The second kappa shape index (κ2) is 10.5. The summed E-state index contributed by atoms with van der Waals surface area (Å²) in [6.07, 6.45) is -6.67. The molecule has 0 bridgehead atoms. The molecular formula is C11H21N2O11P. The lowest BCUT2D eigenvalue weighted by Crippen LogP contribution is -2.46. The molecule has 0 aliphatic heterocycles. The number of phosphoric ester groups is 1. The van der Waals surface area contributed by atoms with Crippen LogP contribution in [0.2, 0.25) is 0 Å². The number of ketones is 1. The van der Waals surface area contributed by atoms with E-state index in [1.807, 2.05) is 0 Å². The van der Waals surface area contributed by atoms with Gasteiger partial charge >= 0.3 is 13.8 Å². The molecule has 0 rings (SSSR count). The van der Waals surface area contributed by atoms with Crippen molar-refractivity contribution in [2.24, 2.45) is 11.5 Å². The number of phosphoric acid groups is 1. The Morgan fingerprint density at radius 1 is 1.12 bits per heavy atom. The quantitative estimate of drug-likeness (QED) is 0.125. The zero-order valence-electron chi connectivity index (χ0n) is 12.9. The maximum absolute atomic E-state index is 11.6. The second-order valence-electron chi connectivity index (χ2n) is 4.97. The highest BCUT2D eigenvalue weighted by molar-refractivity contribution is 7.46. The van der Waals surface area contributed by atoms with E-state index in [-0.39, 0.29) is 12.8 Å². The number of ether oxygens (including phenoxy) is 1. The highest BCUT2D eigenvalue weighted by Crippen LogP contribution is 2.35. The molecule has 0 aromatic rings. The molecule has 1 amide bonds. The van der Waals surface area contributed by atoms with Crippen LogP contribution in [0.25, 0.3) is 0 Å². The average Bonchev–Trinajstić information content (AvgIpc) is 2.52. The van der Waals surface area contributed by atoms with Crippen LogP contribution in [0.1, 0.15) is 12.8 Å². The minimum Gasteiger partial charge on any atom is -0.456 e. The molecular weight excluding hydrogens is 367 g/mol. The van der Waals surface area contributed by atoms with Crippen molar-refractivity contribution < 1.29 is 53.3 Å². The van der Waals surface area contributed by atoms with Gasteiger partial charge in [0.1, 0.15) is 24.4 Å². The molecule has 4 atom stereocenters. The molecule has 0 fully saturated rings. The molecule has 0 saturated heterocycles. The third-order valence-electron chi connectivity index (χ3n) is 2.82. The Morgan fingerprint density at radius 3 is 2.16 bits per heavy atom. The summed E-state index contributed by atoms with van der Waals surface area (Å²) in [5.74, 6) is -2.95. The molecule has 0 aliphatic rings. The van der Waals surface area contributed by atoms with Gasteiger partial charge in [-0.1, -0.05) is 0 Å². The number of nitrogens with two attached hydrogens (primary N) is 2. The smallest absolute Gasteiger partial charge is 0.456 e. The number of primary amides is 1. The van der Waals surface area contributed by atoms with E-state index in [0.717, 1.165) is 0 Å². The second-order valence-corrected chi connectivity index (χ2v) is 6.21. The maximum atomic E-state index is 11.6. The van der Waals surface area contributed by atoms with Gasteiger partial charge in [0.15, 0.2) is 6.61 Å². The van der Waals surface area contributed by atoms with E-state index in [1.54, 1.807) is 0 Å². The van der Waals surface area contributed by atoms with Gasteiger partial charge in [0.25, 0.3) is 0 Å². The predicted octanol–water partition coefficient (Wildman–Crippen LogP) is -4.12. The number of amides is 1. The molecule has 146 valence electrons. The van der Waals surface area contributed by atoms with Gasteiger partial charge < -0.3 is 41.3 Å². The summed E-state index contributed by atoms with van der Waals surface area (Å²) in [5.41, 5.74) is 10.3. The minimum atomic E-state index is -4.92. The Balaban J connectivity index is 4.38. The number of rotatable bonds is 12. The summed E-state index contributed by atoms with van der Waals surface area (Å²) >= 11 is 0. The number of hydrogen-bond acceptors (Lipinski definition) is 10. The molecule has 9 N–H and O–H groups in total. The summed E-state index contributed by atoms with van der Waals surface area (Å²) < 4.78 is 18.9. The Kier molecular flexibility index (Phi) is 9.92. The first-order valence-electron chi connectivity index (χ1n) is 6.82. The SMILES string of the molecule is NC(=O)CCC(N)C(=O)OCC(=O)C(O)C(O)C(O)COP(=O)(O)O. The largest absolute Gasteiger partial charge is 0.469 e. The summed E-state index contributed by atoms with van der Waals surface area (Å²) in [6, 6.07) is -1.23. The van der Waals surface area contributed by atoms with Crippen molar-refractivity contribution in [1.29, 1.82) is 0 Å². The third kappa shape index (κ3) is 10.2. The van der Waals surface area contributed by atoms with Crippen LogP contribution in [0.15, 0.2) is 0 Å². The van der Waals surface area contributed by atoms with Crippen molar-refractivity contribution in [1.82, 2.24) is 0 Å². The normalized spacial score (nSPS) is 16.6. The monoisotopic (exact) mass is 388 g/mol. The van der Waals surface area contributed by atoms with E-state index < -0.39 is 63.0 Å². The number of aliphatic hydroxyl groups is 3. The van der Waals surface area contributed by atoms with Gasteiger partial charge in [0.05, 0.1) is 6.61 Å². The van der Waals surface area contributed by atoms with Crippen LogP contribution >= 0.6 is 7.82 Å². The summed E-state index contributed by atoms with van der Waals surface area (Å²) in [4.78, 5) is 50.5. The van der Waals surface area contributed by atoms with Crippen LogP contribution in [-0.2, 0) is 28.2 Å². The zero-order valence-corrected chi connectivity index (χ0v) is 13.8. The van der Waals surface area contributed by atoms with Crippen molar-refractivity contribution in [3.05, 3.63) is 0 Å². The summed E-state index contributed by atoms with van der Waals surface area (Å²) in [6.45, 7) is -2.05. The molecule has 0 aromatic carbocycles. The predicted molar refractivity (Wildman–Crippen MR) is 78.4 cm³/mol. The fraction of sp³-hybridized carbons (Fsp3) is 0.727. The summed E-state index contributed by atoms with van der Waals surface area (Å²) in [7, 11) is -4.92. The number of Topliss-reactive ketones (excluding diaryl/α,β-unsaturated/α-hetero) is 1. The molecule has 0 saturated carbocycles. The molecule has 4 unspecified atom stereocenters. The lowest BCUT2D eigenvalue weighted by atomic mass is 10.1. The van der Waals surface area contributed by atoms with Crippen LogP contribution in [-0.4, -0.2) is 80.3 Å². The number of aliphatic hydroxyl groups excluding tert-OH is 3. The van der Waals surface area contributed by atoms with Crippen LogP contribution in [0.5, 0.6) is 0 Å². The van der Waals surface area contributed by atoms with E-state index in [9.17, 15) is 34.3 Å². The van der Waals surface area contributed by atoms with E-state index in [4.69, 9.17) is 21.3 Å². The van der Waals surface area contributed by atoms with Crippen molar-refractivity contribution >= 4 is 25.5 Å². The maximum Gasteiger partial charge on any atom is 0.469 e. The highest BCUT2D eigenvalue weighted by atomic mass is 31.2. The van der Waals surface area contributed by atoms with Gasteiger partial charge in [0.2, 0.25) is 11.7 Å². The first kappa shape index (κ1) is 23.6. The van der Waals surface area contributed by atoms with Crippen LogP contribution < -0.4 is 11.5 Å². The van der Waals surface area contributed by atoms with Crippen molar-refractivity contribution in [2.45, 2.75) is 37.2 Å². The van der Waals surface area contributed by atoms with Crippen molar-refractivity contribution in [3.63, 3.8) is 0 Å². The Morgan fingerprint density at radius 2 is 1.68 bits per heavy atom. The first-order valence-corrected chi connectivity index (χ1v) is 8.35.